The van der Waals surface area contributed by atoms with Gasteiger partial charge in [-0.25, -0.2) is 0 Å². The molecule has 0 bridgehead atoms. The van der Waals surface area contributed by atoms with E-state index < -0.39 is 6.10 Å². The number of nitrogens with one attached hydrogen (secondary N) is 1. The summed E-state index contributed by atoms with van der Waals surface area (Å²) in [6.07, 6.45) is -0.00771. The summed E-state index contributed by atoms with van der Waals surface area (Å²) < 4.78 is 16.5. The lowest BCUT2D eigenvalue weighted by molar-refractivity contribution is -0.128. The number of ether oxygens (including phenoxy) is 3. The number of carbonyl (C=O) groups excluding carboxylic acids is 1. The number of para-hydroxylation sites is 2. The van der Waals surface area contributed by atoms with Gasteiger partial charge in [-0.2, -0.15) is 0 Å². The van der Waals surface area contributed by atoms with Crippen molar-refractivity contribution in [1.29, 1.82) is 0 Å². The second kappa shape index (κ2) is 9.57. The molecule has 2 aromatic rings. The zero-order chi connectivity index (χ0) is 18.1. The number of benzene rings is 2. The quantitative estimate of drug-likeness (QED) is 0.756. The third-order valence-corrected chi connectivity index (χ3v) is 3.70. The fraction of sp³-hybridized carbons (Fsp3) is 0.350. The van der Waals surface area contributed by atoms with Crippen LogP contribution in [0.15, 0.2) is 48.5 Å². The molecule has 0 fully saturated rings. The largest absolute Gasteiger partial charge is 0.494 e. The topological polar surface area (TPSA) is 56.8 Å². The summed E-state index contributed by atoms with van der Waals surface area (Å²) in [4.78, 5) is 12.4. The van der Waals surface area contributed by atoms with Crippen LogP contribution in [0.1, 0.15) is 25.8 Å². The van der Waals surface area contributed by atoms with Crippen molar-refractivity contribution in [2.75, 3.05) is 13.7 Å². The Balaban J connectivity index is 1.93. The highest BCUT2D eigenvalue weighted by atomic mass is 16.5. The van der Waals surface area contributed by atoms with Crippen LogP contribution in [-0.2, 0) is 11.3 Å². The second-order valence-corrected chi connectivity index (χ2v) is 5.46. The summed E-state index contributed by atoms with van der Waals surface area (Å²) in [5.41, 5.74) is 1.00. The van der Waals surface area contributed by atoms with Crippen molar-refractivity contribution in [2.24, 2.45) is 0 Å². The standard InChI is InChI=1S/C20H25NO4/c1-4-17(25-19-9-7-6-8-18(19)23-3)20(22)21-14-15-10-12-16(13-11-15)24-5-2/h6-13,17H,4-5,14H2,1-3H3,(H,21,22)/t17-/m1/s1. The number of methoxy groups -OCH3 is 1. The van der Waals surface area contributed by atoms with E-state index in [0.29, 0.717) is 31.1 Å². The molecule has 0 radical (unpaired) electrons. The Morgan fingerprint density at radius 2 is 1.72 bits per heavy atom. The molecular weight excluding hydrogens is 318 g/mol. The molecule has 0 spiro atoms. The van der Waals surface area contributed by atoms with E-state index in [9.17, 15) is 4.79 Å². The van der Waals surface area contributed by atoms with E-state index in [1.54, 1.807) is 19.2 Å². The lowest BCUT2D eigenvalue weighted by atomic mass is 10.2. The maximum atomic E-state index is 12.4. The number of amides is 1. The van der Waals surface area contributed by atoms with Gasteiger partial charge in [-0.05, 0) is 43.2 Å². The van der Waals surface area contributed by atoms with Crippen molar-refractivity contribution >= 4 is 5.91 Å². The Morgan fingerprint density at radius 1 is 1.04 bits per heavy atom. The first-order valence-corrected chi connectivity index (χ1v) is 8.47. The molecule has 0 aromatic heterocycles. The lowest BCUT2D eigenvalue weighted by Gasteiger charge is -2.19. The highest BCUT2D eigenvalue weighted by Crippen LogP contribution is 2.27. The average Bonchev–Trinajstić information content (AvgIpc) is 2.65. The Bertz CT molecular complexity index is 670. The molecule has 1 atom stereocenters. The highest BCUT2D eigenvalue weighted by Gasteiger charge is 2.19. The van der Waals surface area contributed by atoms with Crippen molar-refractivity contribution in [1.82, 2.24) is 5.32 Å². The molecule has 2 rings (SSSR count). The van der Waals surface area contributed by atoms with Gasteiger partial charge >= 0.3 is 0 Å². The smallest absolute Gasteiger partial charge is 0.261 e. The van der Waals surface area contributed by atoms with Gasteiger partial charge in [-0.1, -0.05) is 31.2 Å². The van der Waals surface area contributed by atoms with Crippen LogP contribution in [0.5, 0.6) is 17.2 Å². The van der Waals surface area contributed by atoms with E-state index in [1.165, 1.54) is 0 Å². The van der Waals surface area contributed by atoms with Crippen molar-refractivity contribution in [3.8, 4) is 17.2 Å². The minimum atomic E-state index is -0.570. The molecule has 25 heavy (non-hydrogen) atoms. The maximum Gasteiger partial charge on any atom is 0.261 e. The van der Waals surface area contributed by atoms with Crippen LogP contribution in [0.3, 0.4) is 0 Å². The number of rotatable bonds is 9. The van der Waals surface area contributed by atoms with Crippen molar-refractivity contribution in [3.05, 3.63) is 54.1 Å². The van der Waals surface area contributed by atoms with E-state index in [2.05, 4.69) is 5.32 Å². The van der Waals surface area contributed by atoms with Crippen molar-refractivity contribution in [2.45, 2.75) is 32.9 Å². The van der Waals surface area contributed by atoms with Gasteiger partial charge < -0.3 is 19.5 Å². The fourth-order valence-corrected chi connectivity index (χ4v) is 2.36. The highest BCUT2D eigenvalue weighted by molar-refractivity contribution is 5.81. The van der Waals surface area contributed by atoms with Gasteiger partial charge in [0.25, 0.3) is 5.91 Å². The molecule has 0 aliphatic carbocycles. The molecule has 5 nitrogen and oxygen atoms in total. The minimum Gasteiger partial charge on any atom is -0.494 e. The van der Waals surface area contributed by atoms with Gasteiger partial charge in [-0.3, -0.25) is 4.79 Å². The molecule has 0 heterocycles. The monoisotopic (exact) mass is 343 g/mol. The summed E-state index contributed by atoms with van der Waals surface area (Å²) in [6, 6.07) is 15.0. The zero-order valence-electron chi connectivity index (χ0n) is 15.0. The Labute approximate surface area is 148 Å². The summed E-state index contributed by atoms with van der Waals surface area (Å²) in [6.45, 7) is 4.93. The molecule has 2 aromatic carbocycles. The van der Waals surface area contributed by atoms with Crippen LogP contribution >= 0.6 is 0 Å². The van der Waals surface area contributed by atoms with Crippen LogP contribution < -0.4 is 19.5 Å². The molecule has 0 aliphatic rings. The SMILES string of the molecule is CCOc1ccc(CNC(=O)[C@@H](CC)Oc2ccccc2OC)cc1. The number of carbonyl (C=O) groups is 1. The molecular formula is C20H25NO4. The third kappa shape index (κ3) is 5.41. The molecule has 0 unspecified atom stereocenters. The second-order valence-electron chi connectivity index (χ2n) is 5.46. The maximum absolute atomic E-state index is 12.4. The van der Waals surface area contributed by atoms with Gasteiger partial charge in [0, 0.05) is 6.54 Å². The lowest BCUT2D eigenvalue weighted by Crippen LogP contribution is -2.37. The van der Waals surface area contributed by atoms with Crippen LogP contribution in [0.25, 0.3) is 0 Å². The van der Waals surface area contributed by atoms with Crippen molar-refractivity contribution < 1.29 is 19.0 Å². The van der Waals surface area contributed by atoms with Gasteiger partial charge in [-0.15, -0.1) is 0 Å². The number of hydrogen-bond acceptors (Lipinski definition) is 4. The van der Waals surface area contributed by atoms with Crippen LogP contribution in [0, 0.1) is 0 Å². The zero-order valence-corrected chi connectivity index (χ0v) is 15.0. The molecule has 0 saturated carbocycles. The van der Waals surface area contributed by atoms with Gasteiger partial charge in [0.2, 0.25) is 0 Å². The van der Waals surface area contributed by atoms with E-state index >= 15 is 0 Å². The summed E-state index contributed by atoms with van der Waals surface area (Å²) >= 11 is 0. The minimum absolute atomic E-state index is 0.151. The van der Waals surface area contributed by atoms with E-state index in [-0.39, 0.29) is 5.91 Å². The third-order valence-electron chi connectivity index (χ3n) is 3.70. The van der Waals surface area contributed by atoms with Crippen molar-refractivity contribution in [3.63, 3.8) is 0 Å². The first-order chi connectivity index (χ1) is 12.2. The van der Waals surface area contributed by atoms with Gasteiger partial charge in [0.1, 0.15) is 5.75 Å². The average molecular weight is 343 g/mol. The Hall–Kier alpha value is -2.69. The predicted octanol–water partition coefficient (Wildman–Crippen LogP) is 3.57. The van der Waals surface area contributed by atoms with Crippen LogP contribution in [-0.4, -0.2) is 25.7 Å². The Morgan fingerprint density at radius 3 is 2.32 bits per heavy atom. The molecule has 5 heteroatoms. The van der Waals surface area contributed by atoms with Gasteiger partial charge in [0.05, 0.1) is 13.7 Å². The van der Waals surface area contributed by atoms with E-state index in [0.717, 1.165) is 11.3 Å². The summed E-state index contributed by atoms with van der Waals surface area (Å²) in [7, 11) is 1.58. The molecule has 134 valence electrons. The molecule has 0 aliphatic heterocycles. The predicted molar refractivity (Wildman–Crippen MR) is 97.2 cm³/mol. The molecule has 1 N–H and O–H groups in total. The normalized spacial score (nSPS) is 11.5. The summed E-state index contributed by atoms with van der Waals surface area (Å²) in [5.74, 6) is 1.85. The first-order valence-electron chi connectivity index (χ1n) is 8.47. The van der Waals surface area contributed by atoms with Crippen LogP contribution in [0.4, 0.5) is 0 Å². The van der Waals surface area contributed by atoms with Crippen LogP contribution in [0.2, 0.25) is 0 Å². The van der Waals surface area contributed by atoms with E-state index in [4.69, 9.17) is 14.2 Å². The van der Waals surface area contributed by atoms with E-state index in [1.807, 2.05) is 50.2 Å². The summed E-state index contributed by atoms with van der Waals surface area (Å²) in [5, 5.41) is 2.91. The molecule has 1 amide bonds. The molecule has 0 saturated heterocycles. The fourth-order valence-electron chi connectivity index (χ4n) is 2.36. The number of hydrogen-bond donors (Lipinski definition) is 1. The van der Waals surface area contributed by atoms with Gasteiger partial charge in [0.15, 0.2) is 17.6 Å². The Kier molecular flexibility index (Phi) is 7.14. The first kappa shape index (κ1) is 18.6.